The lowest BCUT2D eigenvalue weighted by atomic mass is 10.1. The number of hydrogen-bond donors (Lipinski definition) is 1. The fourth-order valence-electron chi connectivity index (χ4n) is 2.82. The van der Waals surface area contributed by atoms with Gasteiger partial charge in [0.1, 0.15) is 0 Å². The second-order valence-electron chi connectivity index (χ2n) is 5.49. The molecule has 1 saturated heterocycles. The topological polar surface area (TPSA) is 27.6 Å². The molecule has 2 aliphatic heterocycles. The van der Waals surface area contributed by atoms with E-state index in [1.807, 2.05) is 11.8 Å². The molecule has 0 bridgehead atoms. The van der Waals surface area contributed by atoms with Gasteiger partial charge < -0.3 is 10.2 Å². The molecule has 3 rings (SSSR count). The van der Waals surface area contributed by atoms with Gasteiger partial charge in [-0.05, 0) is 31.5 Å². The molecule has 0 amide bonds. The van der Waals surface area contributed by atoms with Crippen molar-refractivity contribution in [2.45, 2.75) is 24.5 Å². The molecule has 0 radical (unpaired) electrons. The molecular weight excluding hydrogens is 266 g/mol. The number of nitrogens with one attached hydrogen (secondary N) is 1. The Morgan fingerprint density at radius 2 is 1.95 bits per heavy atom. The summed E-state index contributed by atoms with van der Waals surface area (Å²) in [5.74, 6) is 0. The Hall–Kier alpha value is -1.00. The number of amidine groups is 1. The molecular formula is C16H23N3S. The van der Waals surface area contributed by atoms with Gasteiger partial charge in [-0.3, -0.25) is 4.99 Å². The molecule has 0 saturated carbocycles. The molecule has 2 aliphatic rings. The predicted molar refractivity (Wildman–Crippen MR) is 87.4 cm³/mol. The normalized spacial score (nSPS) is 23.6. The van der Waals surface area contributed by atoms with Crippen LogP contribution in [0.1, 0.15) is 30.1 Å². The molecule has 1 atom stereocenters. The molecule has 1 unspecified atom stereocenters. The van der Waals surface area contributed by atoms with E-state index in [1.165, 1.54) is 37.9 Å². The van der Waals surface area contributed by atoms with Gasteiger partial charge >= 0.3 is 0 Å². The summed E-state index contributed by atoms with van der Waals surface area (Å²) in [6.45, 7) is 5.62. The molecule has 0 aliphatic carbocycles. The van der Waals surface area contributed by atoms with Crippen molar-refractivity contribution in [1.29, 1.82) is 0 Å². The third kappa shape index (κ3) is 3.76. The first-order valence-corrected chi connectivity index (χ1v) is 8.52. The Morgan fingerprint density at radius 1 is 1.15 bits per heavy atom. The Balaban J connectivity index is 1.39. The monoisotopic (exact) mass is 289 g/mol. The number of likely N-dealkylation sites (tertiary alicyclic amines) is 1. The van der Waals surface area contributed by atoms with Crippen molar-refractivity contribution in [3.05, 3.63) is 35.9 Å². The van der Waals surface area contributed by atoms with Gasteiger partial charge in [-0.25, -0.2) is 0 Å². The molecule has 0 aromatic heterocycles. The highest BCUT2D eigenvalue weighted by Crippen LogP contribution is 2.33. The molecule has 1 aromatic carbocycles. The lowest BCUT2D eigenvalue weighted by molar-refractivity contribution is 0.232. The minimum absolute atomic E-state index is 0.494. The van der Waals surface area contributed by atoms with Crippen molar-refractivity contribution >= 4 is 16.9 Å². The van der Waals surface area contributed by atoms with Crippen LogP contribution in [0.5, 0.6) is 0 Å². The summed E-state index contributed by atoms with van der Waals surface area (Å²) < 4.78 is 0. The van der Waals surface area contributed by atoms with Crippen LogP contribution < -0.4 is 5.32 Å². The number of thioether (sulfide) groups is 1. The van der Waals surface area contributed by atoms with E-state index in [2.05, 4.69) is 45.5 Å². The van der Waals surface area contributed by atoms with E-state index in [9.17, 15) is 0 Å². The lowest BCUT2D eigenvalue weighted by Gasteiger charge is -2.26. The van der Waals surface area contributed by atoms with Gasteiger partial charge in [0, 0.05) is 13.1 Å². The smallest absolute Gasteiger partial charge is 0.157 e. The van der Waals surface area contributed by atoms with Gasteiger partial charge in [-0.1, -0.05) is 48.5 Å². The number of aliphatic imine (C=N–C) groups is 1. The van der Waals surface area contributed by atoms with Crippen molar-refractivity contribution in [2.24, 2.45) is 4.99 Å². The molecule has 1 aromatic rings. The summed E-state index contributed by atoms with van der Waals surface area (Å²) in [6.07, 6.45) is 4.14. The first kappa shape index (κ1) is 14.0. The molecule has 0 spiro atoms. The van der Waals surface area contributed by atoms with Gasteiger partial charge in [0.25, 0.3) is 0 Å². The Labute approximate surface area is 125 Å². The standard InChI is InChI=1S/C16H23N3S/c1-3-7-14(8-4-1)15-13-18-16(20-15)17-9-12-19-10-5-2-6-11-19/h1,3-4,7-8,15H,2,5-6,9-13H2,(H,17,18). The van der Waals surface area contributed by atoms with Crippen LogP contribution in [0, 0.1) is 0 Å². The maximum Gasteiger partial charge on any atom is 0.157 e. The van der Waals surface area contributed by atoms with Crippen LogP contribution in [0.15, 0.2) is 35.3 Å². The maximum absolute atomic E-state index is 4.63. The van der Waals surface area contributed by atoms with E-state index in [-0.39, 0.29) is 0 Å². The van der Waals surface area contributed by atoms with Crippen molar-refractivity contribution in [3.8, 4) is 0 Å². The average Bonchev–Trinajstić information content (AvgIpc) is 2.98. The van der Waals surface area contributed by atoms with Crippen LogP contribution in [-0.4, -0.2) is 42.8 Å². The third-order valence-electron chi connectivity index (χ3n) is 3.98. The summed E-state index contributed by atoms with van der Waals surface area (Å²) >= 11 is 1.87. The third-order valence-corrected chi connectivity index (χ3v) is 5.18. The first-order valence-electron chi connectivity index (χ1n) is 7.64. The van der Waals surface area contributed by atoms with Crippen LogP contribution in [-0.2, 0) is 0 Å². The Morgan fingerprint density at radius 3 is 2.75 bits per heavy atom. The van der Waals surface area contributed by atoms with Crippen LogP contribution in [0.3, 0.4) is 0 Å². The zero-order valence-corrected chi connectivity index (χ0v) is 12.7. The minimum atomic E-state index is 0.494. The van der Waals surface area contributed by atoms with Gasteiger partial charge in [0.05, 0.1) is 11.8 Å². The summed E-state index contributed by atoms with van der Waals surface area (Å²) in [6, 6.07) is 10.7. The van der Waals surface area contributed by atoms with Crippen molar-refractivity contribution in [1.82, 2.24) is 10.2 Å². The molecule has 1 N–H and O–H groups in total. The number of hydrogen-bond acceptors (Lipinski definition) is 4. The maximum atomic E-state index is 4.63. The number of piperidine rings is 1. The molecule has 4 heteroatoms. The van der Waals surface area contributed by atoms with E-state index in [0.717, 1.165) is 24.8 Å². The summed E-state index contributed by atoms with van der Waals surface area (Å²) in [4.78, 5) is 7.19. The van der Waals surface area contributed by atoms with Crippen LogP contribution in [0.25, 0.3) is 0 Å². The molecule has 108 valence electrons. The van der Waals surface area contributed by atoms with Gasteiger partial charge in [-0.15, -0.1) is 0 Å². The SMILES string of the molecule is c1ccc(C2CN=C(NCCN3CCCCC3)S2)cc1. The first-order chi connectivity index (χ1) is 9.92. The van der Waals surface area contributed by atoms with Gasteiger partial charge in [0.15, 0.2) is 5.17 Å². The molecule has 20 heavy (non-hydrogen) atoms. The number of benzene rings is 1. The molecule has 2 heterocycles. The number of nitrogens with zero attached hydrogens (tertiary/aromatic N) is 2. The van der Waals surface area contributed by atoms with Crippen LogP contribution in [0.2, 0.25) is 0 Å². The quantitative estimate of drug-likeness (QED) is 0.923. The highest BCUT2D eigenvalue weighted by atomic mass is 32.2. The summed E-state index contributed by atoms with van der Waals surface area (Å²) in [5, 5.41) is 5.12. The largest absolute Gasteiger partial charge is 0.364 e. The molecule has 3 nitrogen and oxygen atoms in total. The van der Waals surface area contributed by atoms with E-state index < -0.39 is 0 Å². The fourth-order valence-corrected chi connectivity index (χ4v) is 3.86. The lowest BCUT2D eigenvalue weighted by Crippen LogP contribution is -2.36. The van der Waals surface area contributed by atoms with Crippen molar-refractivity contribution < 1.29 is 0 Å². The number of rotatable bonds is 4. The highest BCUT2D eigenvalue weighted by Gasteiger charge is 2.20. The van der Waals surface area contributed by atoms with E-state index in [4.69, 9.17) is 0 Å². The van der Waals surface area contributed by atoms with E-state index in [0.29, 0.717) is 5.25 Å². The average molecular weight is 289 g/mol. The van der Waals surface area contributed by atoms with Crippen molar-refractivity contribution in [2.75, 3.05) is 32.7 Å². The van der Waals surface area contributed by atoms with Crippen LogP contribution >= 0.6 is 11.8 Å². The molecule has 1 fully saturated rings. The zero-order valence-electron chi connectivity index (χ0n) is 11.9. The second kappa shape index (κ2) is 7.14. The second-order valence-corrected chi connectivity index (χ2v) is 6.68. The summed E-state index contributed by atoms with van der Waals surface area (Å²) in [5.41, 5.74) is 1.38. The fraction of sp³-hybridized carbons (Fsp3) is 0.562. The Bertz CT molecular complexity index is 440. The van der Waals surface area contributed by atoms with E-state index >= 15 is 0 Å². The highest BCUT2D eigenvalue weighted by molar-refractivity contribution is 8.14. The predicted octanol–water partition coefficient (Wildman–Crippen LogP) is 2.91. The minimum Gasteiger partial charge on any atom is -0.364 e. The summed E-state index contributed by atoms with van der Waals surface area (Å²) in [7, 11) is 0. The van der Waals surface area contributed by atoms with Gasteiger partial charge in [0.2, 0.25) is 0 Å². The zero-order chi connectivity index (χ0) is 13.6. The van der Waals surface area contributed by atoms with Crippen molar-refractivity contribution in [3.63, 3.8) is 0 Å². The van der Waals surface area contributed by atoms with E-state index in [1.54, 1.807) is 0 Å². The van der Waals surface area contributed by atoms with Gasteiger partial charge in [-0.2, -0.15) is 0 Å². The van der Waals surface area contributed by atoms with Crippen LogP contribution in [0.4, 0.5) is 0 Å². The Kier molecular flexibility index (Phi) is 4.98.